The monoisotopic (exact) mass is 206 g/mol. The molecule has 0 atom stereocenters. The summed E-state index contributed by atoms with van der Waals surface area (Å²) in [5.41, 5.74) is 1.58. The minimum atomic E-state index is -0.115. The summed E-state index contributed by atoms with van der Waals surface area (Å²) >= 11 is 0. The fraction of sp³-hybridized carbons (Fsp3) is 0.500. The number of rotatable bonds is 4. The van der Waals surface area contributed by atoms with E-state index in [0.29, 0.717) is 11.6 Å². The van der Waals surface area contributed by atoms with Crippen LogP contribution in [0.25, 0.3) is 0 Å². The van der Waals surface area contributed by atoms with Gasteiger partial charge in [-0.15, -0.1) is 0 Å². The third-order valence-electron chi connectivity index (χ3n) is 2.28. The molecule has 0 unspecified atom stereocenters. The zero-order chi connectivity index (χ0) is 11.6. The van der Waals surface area contributed by atoms with Crippen LogP contribution in [0.15, 0.2) is 18.7 Å². The van der Waals surface area contributed by atoms with Gasteiger partial charge in [-0.2, -0.15) is 5.10 Å². The van der Waals surface area contributed by atoms with Crippen LogP contribution in [0, 0.1) is 0 Å². The molecule has 0 aliphatic heterocycles. The van der Waals surface area contributed by atoms with E-state index in [1.165, 1.54) is 6.08 Å². The molecule has 0 aliphatic rings. The van der Waals surface area contributed by atoms with Crippen LogP contribution in [0.3, 0.4) is 0 Å². The quantitative estimate of drug-likeness (QED) is 0.560. The zero-order valence-corrected chi connectivity index (χ0v) is 9.82. The van der Waals surface area contributed by atoms with Crippen molar-refractivity contribution in [3.8, 4) is 0 Å². The number of aromatic nitrogens is 2. The second-order valence-electron chi connectivity index (χ2n) is 4.22. The lowest BCUT2D eigenvalue weighted by molar-refractivity contribution is 0.104. The number of nitrogens with zero attached hydrogens (tertiary/aromatic N) is 2. The zero-order valence-electron chi connectivity index (χ0n) is 9.82. The van der Waals surface area contributed by atoms with Crippen LogP contribution in [0.5, 0.6) is 0 Å². The van der Waals surface area contributed by atoms with Gasteiger partial charge < -0.3 is 0 Å². The molecule has 3 nitrogen and oxygen atoms in total. The Morgan fingerprint density at radius 2 is 2.07 bits per heavy atom. The van der Waals surface area contributed by atoms with E-state index in [2.05, 4.69) is 39.4 Å². The lowest BCUT2D eigenvalue weighted by Crippen LogP contribution is -2.09. The van der Waals surface area contributed by atoms with Gasteiger partial charge in [-0.3, -0.25) is 9.48 Å². The van der Waals surface area contributed by atoms with Crippen LogP contribution in [0.4, 0.5) is 0 Å². The van der Waals surface area contributed by atoms with Crippen molar-refractivity contribution in [2.24, 2.45) is 0 Å². The van der Waals surface area contributed by atoms with E-state index in [4.69, 9.17) is 0 Å². The fourth-order valence-electron chi connectivity index (χ4n) is 1.48. The van der Waals surface area contributed by atoms with E-state index in [0.717, 1.165) is 5.69 Å². The first-order valence-corrected chi connectivity index (χ1v) is 5.23. The van der Waals surface area contributed by atoms with Gasteiger partial charge in [0.1, 0.15) is 5.69 Å². The summed E-state index contributed by atoms with van der Waals surface area (Å²) in [5.74, 6) is 0.252. The summed E-state index contributed by atoms with van der Waals surface area (Å²) in [4.78, 5) is 11.4. The molecule has 15 heavy (non-hydrogen) atoms. The first-order chi connectivity index (χ1) is 6.97. The second-order valence-corrected chi connectivity index (χ2v) is 4.22. The Hall–Kier alpha value is -1.38. The van der Waals surface area contributed by atoms with Crippen molar-refractivity contribution in [2.45, 2.75) is 39.7 Å². The number of hydrogen-bond donors (Lipinski definition) is 0. The maximum absolute atomic E-state index is 11.4. The molecule has 0 radical (unpaired) electrons. The van der Waals surface area contributed by atoms with Gasteiger partial charge in [-0.25, -0.2) is 0 Å². The normalized spacial score (nSPS) is 11.1. The average Bonchev–Trinajstić information content (AvgIpc) is 2.61. The fourth-order valence-corrected chi connectivity index (χ4v) is 1.48. The molecule has 1 heterocycles. The number of carbonyl (C=O) groups is 1. The lowest BCUT2D eigenvalue weighted by atomic mass is 10.1. The summed E-state index contributed by atoms with van der Waals surface area (Å²) in [7, 11) is 0. The third kappa shape index (κ3) is 2.35. The summed E-state index contributed by atoms with van der Waals surface area (Å²) in [6.45, 7) is 11.8. The Kier molecular flexibility index (Phi) is 3.45. The Morgan fingerprint density at radius 3 is 2.40 bits per heavy atom. The van der Waals surface area contributed by atoms with Crippen molar-refractivity contribution >= 4 is 5.78 Å². The highest BCUT2D eigenvalue weighted by atomic mass is 16.1. The molecule has 0 aliphatic carbocycles. The summed E-state index contributed by atoms with van der Waals surface area (Å²) in [5, 5.41) is 4.30. The molecule has 0 amide bonds. The van der Waals surface area contributed by atoms with Gasteiger partial charge in [0, 0.05) is 11.7 Å². The van der Waals surface area contributed by atoms with Gasteiger partial charge in [-0.05, 0) is 31.9 Å². The smallest absolute Gasteiger partial charge is 0.205 e. The van der Waals surface area contributed by atoms with E-state index < -0.39 is 0 Å². The van der Waals surface area contributed by atoms with Crippen LogP contribution in [-0.2, 0) is 0 Å². The van der Waals surface area contributed by atoms with Gasteiger partial charge in [-0.1, -0.05) is 20.4 Å². The molecular formula is C12H18N2O. The van der Waals surface area contributed by atoms with Crippen LogP contribution in [0.1, 0.15) is 55.8 Å². The highest BCUT2D eigenvalue weighted by Crippen LogP contribution is 2.20. The molecular weight excluding hydrogens is 188 g/mol. The molecule has 0 saturated carbocycles. The van der Waals surface area contributed by atoms with Gasteiger partial charge in [0.15, 0.2) is 0 Å². The summed E-state index contributed by atoms with van der Waals surface area (Å²) in [6.07, 6.45) is 1.30. The van der Waals surface area contributed by atoms with E-state index in [-0.39, 0.29) is 11.8 Å². The standard InChI is InChI=1S/C12H18N2O/c1-6-12(15)10-7-11(8(2)3)14(13-10)9(4)5/h6-9H,1H2,2-5H3. The van der Waals surface area contributed by atoms with Crippen LogP contribution in [0.2, 0.25) is 0 Å². The third-order valence-corrected chi connectivity index (χ3v) is 2.28. The molecule has 0 bridgehead atoms. The van der Waals surface area contributed by atoms with Crippen molar-refractivity contribution in [3.63, 3.8) is 0 Å². The predicted molar refractivity (Wildman–Crippen MR) is 61.2 cm³/mol. The Morgan fingerprint density at radius 1 is 1.47 bits per heavy atom. The molecule has 0 spiro atoms. The maximum Gasteiger partial charge on any atom is 0.205 e. The predicted octanol–water partition coefficient (Wildman–Crippen LogP) is 2.96. The van der Waals surface area contributed by atoms with Crippen molar-refractivity contribution in [1.82, 2.24) is 9.78 Å². The van der Waals surface area contributed by atoms with Gasteiger partial charge >= 0.3 is 0 Å². The number of hydrogen-bond acceptors (Lipinski definition) is 2. The highest BCUT2D eigenvalue weighted by molar-refractivity contribution is 6.02. The van der Waals surface area contributed by atoms with Gasteiger partial charge in [0.2, 0.25) is 5.78 Å². The molecule has 0 N–H and O–H groups in total. The average molecular weight is 206 g/mol. The van der Waals surface area contributed by atoms with Crippen LogP contribution in [-0.4, -0.2) is 15.6 Å². The Labute approximate surface area is 90.8 Å². The summed E-state index contributed by atoms with van der Waals surface area (Å²) in [6, 6.07) is 2.13. The van der Waals surface area contributed by atoms with Gasteiger partial charge in [0.05, 0.1) is 0 Å². The first-order valence-electron chi connectivity index (χ1n) is 5.23. The SMILES string of the molecule is C=CC(=O)c1cc(C(C)C)n(C(C)C)n1. The van der Waals surface area contributed by atoms with Crippen LogP contribution < -0.4 is 0 Å². The Balaban J connectivity index is 3.20. The molecule has 0 saturated heterocycles. The minimum Gasteiger partial charge on any atom is -0.287 e. The number of allylic oxidation sites excluding steroid dienone is 1. The second kappa shape index (κ2) is 4.43. The van der Waals surface area contributed by atoms with Gasteiger partial charge in [0.25, 0.3) is 0 Å². The highest BCUT2D eigenvalue weighted by Gasteiger charge is 2.15. The summed E-state index contributed by atoms with van der Waals surface area (Å²) < 4.78 is 1.90. The van der Waals surface area contributed by atoms with Crippen LogP contribution >= 0.6 is 0 Å². The van der Waals surface area contributed by atoms with Crippen molar-refractivity contribution in [3.05, 3.63) is 30.1 Å². The molecule has 82 valence electrons. The largest absolute Gasteiger partial charge is 0.287 e. The molecule has 1 aromatic heterocycles. The van der Waals surface area contributed by atoms with Crippen molar-refractivity contribution < 1.29 is 4.79 Å². The van der Waals surface area contributed by atoms with E-state index >= 15 is 0 Å². The van der Waals surface area contributed by atoms with E-state index in [9.17, 15) is 4.79 Å². The number of carbonyl (C=O) groups excluding carboxylic acids is 1. The molecule has 0 aromatic carbocycles. The topological polar surface area (TPSA) is 34.9 Å². The Bertz CT molecular complexity index is 349. The lowest BCUT2D eigenvalue weighted by Gasteiger charge is -2.12. The minimum absolute atomic E-state index is 0.115. The van der Waals surface area contributed by atoms with Crippen molar-refractivity contribution in [2.75, 3.05) is 0 Å². The van der Waals surface area contributed by atoms with E-state index in [1.54, 1.807) is 0 Å². The molecule has 0 fully saturated rings. The van der Waals surface area contributed by atoms with Crippen molar-refractivity contribution in [1.29, 1.82) is 0 Å². The van der Waals surface area contributed by atoms with E-state index in [1.807, 2.05) is 10.7 Å². The number of ketones is 1. The first kappa shape index (κ1) is 11.7. The molecule has 3 heteroatoms. The molecule has 1 aromatic rings. The molecule has 1 rings (SSSR count). The maximum atomic E-state index is 11.4.